The van der Waals surface area contributed by atoms with Crippen molar-refractivity contribution >= 4 is 6.47 Å². The zero-order valence-electron chi connectivity index (χ0n) is 30.0. The number of aliphatic hydroxyl groups excluding tert-OH is 1. The van der Waals surface area contributed by atoms with Crippen molar-refractivity contribution in [3.8, 4) is 0 Å². The quantitative estimate of drug-likeness (QED) is 0.0743. The number of hydrogen-bond donors (Lipinski definition) is 2. The Labute approximate surface area is 304 Å². The highest BCUT2D eigenvalue weighted by molar-refractivity contribution is 5.32. The Morgan fingerprint density at radius 2 is 1.18 bits per heavy atom. The summed E-state index contributed by atoms with van der Waals surface area (Å²) in [5.74, 6) is 0. The van der Waals surface area contributed by atoms with Gasteiger partial charge < -0.3 is 33.9 Å². The molecule has 0 aromatic heterocycles. The van der Waals surface area contributed by atoms with Crippen LogP contribution in [-0.4, -0.2) is 60.9 Å². The average molecular weight is 701 g/mol. The van der Waals surface area contributed by atoms with Gasteiger partial charge in [-0.05, 0) is 41.5 Å². The first-order valence-corrected chi connectivity index (χ1v) is 18.0. The summed E-state index contributed by atoms with van der Waals surface area (Å²) in [4.78, 5) is 8.36. The van der Waals surface area contributed by atoms with Crippen LogP contribution in [0.25, 0.3) is 0 Å². The maximum absolute atomic E-state index is 8.54. The van der Waals surface area contributed by atoms with Crippen LogP contribution in [0.5, 0.6) is 0 Å². The van der Waals surface area contributed by atoms with E-state index in [1.54, 1.807) is 0 Å². The molecule has 4 aromatic carbocycles. The summed E-state index contributed by atoms with van der Waals surface area (Å²) in [5, 5.41) is 15.4. The summed E-state index contributed by atoms with van der Waals surface area (Å²) in [6.07, 6.45) is 5.82. The lowest BCUT2D eigenvalue weighted by Crippen LogP contribution is -2.52. The summed E-state index contributed by atoms with van der Waals surface area (Å²) in [6, 6.07) is 40.5. The van der Waals surface area contributed by atoms with Gasteiger partial charge in [-0.15, -0.1) is 0 Å². The fourth-order valence-electron chi connectivity index (χ4n) is 5.70. The largest absolute Gasteiger partial charge is 0.483 e. The van der Waals surface area contributed by atoms with Crippen LogP contribution in [0, 0.1) is 0 Å². The van der Waals surface area contributed by atoms with E-state index in [9.17, 15) is 0 Å². The predicted molar refractivity (Wildman–Crippen MR) is 200 cm³/mol. The van der Waals surface area contributed by atoms with Gasteiger partial charge in [-0.1, -0.05) is 141 Å². The molecule has 4 aromatic rings. The van der Waals surface area contributed by atoms with E-state index in [1.807, 2.05) is 72.8 Å². The number of aliphatic hydroxyl groups is 1. The van der Waals surface area contributed by atoms with E-state index in [1.165, 1.54) is 0 Å². The molecule has 0 bridgehead atoms. The Hall–Kier alpha value is -3.89. The second kappa shape index (κ2) is 26.9. The molecule has 0 amide bonds. The monoisotopic (exact) mass is 700 g/mol. The lowest BCUT2D eigenvalue weighted by molar-refractivity contribution is -0.221. The van der Waals surface area contributed by atoms with Gasteiger partial charge in [-0.2, -0.15) is 0 Å². The molecule has 2 N–H and O–H groups in total. The molecule has 1 saturated heterocycles. The maximum atomic E-state index is 8.54. The normalized spacial score (nSPS) is 18.1. The van der Waals surface area contributed by atoms with Crippen molar-refractivity contribution in [3.05, 3.63) is 144 Å². The zero-order valence-corrected chi connectivity index (χ0v) is 30.0. The number of rotatable bonds is 19. The minimum atomic E-state index is -0.250. The minimum absolute atomic E-state index is 0.0825. The number of hydrogen-bond acceptors (Lipinski definition) is 7. The summed E-state index contributed by atoms with van der Waals surface area (Å²) in [5.41, 5.74) is 4.42. The summed E-state index contributed by atoms with van der Waals surface area (Å²) >= 11 is 0. The molecular formula is C43H56O8. The van der Waals surface area contributed by atoms with Crippen LogP contribution in [0.3, 0.4) is 0 Å². The highest BCUT2D eigenvalue weighted by Crippen LogP contribution is 2.30. The molecule has 1 aliphatic rings. The fourth-order valence-corrected chi connectivity index (χ4v) is 5.70. The molecule has 0 aliphatic carbocycles. The van der Waals surface area contributed by atoms with Gasteiger partial charge in [0.15, 0.2) is 0 Å². The Morgan fingerprint density at radius 1 is 0.667 bits per heavy atom. The summed E-state index contributed by atoms with van der Waals surface area (Å²) in [6.45, 7) is 5.79. The Bertz CT molecular complexity index is 1370. The smallest absolute Gasteiger partial charge is 0.290 e. The van der Waals surface area contributed by atoms with Gasteiger partial charge in [0.05, 0.1) is 45.2 Å². The number of unbranched alkanes of at least 4 members (excludes halogenated alkanes) is 2. The average Bonchev–Trinajstić information content (AvgIpc) is 3.18. The third-order valence-corrected chi connectivity index (χ3v) is 8.27. The van der Waals surface area contributed by atoms with Gasteiger partial charge in [-0.25, -0.2) is 0 Å². The molecule has 51 heavy (non-hydrogen) atoms. The van der Waals surface area contributed by atoms with E-state index in [4.69, 9.17) is 38.7 Å². The molecule has 8 nitrogen and oxygen atoms in total. The molecule has 5 rings (SSSR count). The van der Waals surface area contributed by atoms with E-state index in [2.05, 4.69) is 55.5 Å². The van der Waals surface area contributed by atoms with Crippen LogP contribution in [0.2, 0.25) is 0 Å². The number of ether oxygens (including phenoxy) is 5. The van der Waals surface area contributed by atoms with Gasteiger partial charge in [0, 0.05) is 19.6 Å². The first-order valence-electron chi connectivity index (χ1n) is 18.0. The van der Waals surface area contributed by atoms with Crippen molar-refractivity contribution < 1.29 is 38.7 Å². The Balaban J connectivity index is 0.000000548. The van der Waals surface area contributed by atoms with Gasteiger partial charge >= 0.3 is 0 Å². The fraction of sp³-hybridized carbons (Fsp3) is 0.419. The first-order chi connectivity index (χ1) is 25.2. The van der Waals surface area contributed by atoms with E-state index >= 15 is 0 Å². The number of carboxylic acid groups (broad SMARTS) is 1. The molecule has 4 unspecified atom stereocenters. The van der Waals surface area contributed by atoms with Crippen LogP contribution in [0.4, 0.5) is 0 Å². The minimum Gasteiger partial charge on any atom is -0.483 e. The van der Waals surface area contributed by atoms with Crippen LogP contribution in [0.1, 0.15) is 67.7 Å². The summed E-state index contributed by atoms with van der Waals surface area (Å²) < 4.78 is 31.7. The van der Waals surface area contributed by atoms with Crippen molar-refractivity contribution in [1.29, 1.82) is 0 Å². The van der Waals surface area contributed by atoms with E-state index in [0.29, 0.717) is 26.4 Å². The van der Waals surface area contributed by atoms with Crippen LogP contribution < -0.4 is 0 Å². The SMILES string of the molecule is CCCOCCCCCC1CC(OCc2ccccc2)C(OCc2ccccc2)C(COCc2ccccc2)O1.O=CO.OCc1ccccc1. The van der Waals surface area contributed by atoms with E-state index < -0.39 is 0 Å². The second-order valence-electron chi connectivity index (χ2n) is 12.3. The van der Waals surface area contributed by atoms with E-state index in [0.717, 1.165) is 74.0 Å². The van der Waals surface area contributed by atoms with Gasteiger partial charge in [0.1, 0.15) is 12.2 Å². The zero-order chi connectivity index (χ0) is 36.2. The van der Waals surface area contributed by atoms with Gasteiger partial charge in [0.2, 0.25) is 0 Å². The molecule has 1 fully saturated rings. The highest BCUT2D eigenvalue weighted by atomic mass is 16.6. The standard InChI is InChI=1S/C35H46O5.C7H8O.CH2O2/c1-2-22-36-23-14-6-13-21-32-24-33(38-26-30-17-9-4-10-18-30)35(39-27-31-19-11-5-12-20-31)34(40-32)28-37-25-29-15-7-3-8-16-29;8-6-7-4-2-1-3-5-7;2-1-3/h3-5,7-12,15-20,32-35H,2,6,13-14,21-28H2,1H3;1-5,8H,6H2;1H,(H,2,3). The molecule has 0 saturated carbocycles. The lowest BCUT2D eigenvalue weighted by atomic mass is 9.94. The van der Waals surface area contributed by atoms with E-state index in [-0.39, 0.29) is 37.5 Å². The van der Waals surface area contributed by atoms with Gasteiger partial charge in [-0.3, -0.25) is 4.79 Å². The molecule has 1 heterocycles. The maximum Gasteiger partial charge on any atom is 0.290 e. The molecule has 4 atom stereocenters. The molecular weight excluding hydrogens is 644 g/mol. The van der Waals surface area contributed by atoms with Crippen molar-refractivity contribution in [2.24, 2.45) is 0 Å². The Morgan fingerprint density at radius 3 is 1.69 bits per heavy atom. The van der Waals surface area contributed by atoms with Crippen LogP contribution in [-0.2, 0) is 54.9 Å². The Kier molecular flexibility index (Phi) is 21.9. The van der Waals surface area contributed by atoms with Crippen molar-refractivity contribution in [3.63, 3.8) is 0 Å². The molecule has 0 radical (unpaired) electrons. The predicted octanol–water partition coefficient (Wildman–Crippen LogP) is 8.40. The lowest BCUT2D eigenvalue weighted by Gasteiger charge is -2.41. The number of benzene rings is 4. The second-order valence-corrected chi connectivity index (χ2v) is 12.3. The molecule has 0 spiro atoms. The topological polar surface area (TPSA) is 104 Å². The van der Waals surface area contributed by atoms with Crippen LogP contribution >= 0.6 is 0 Å². The molecule has 276 valence electrons. The van der Waals surface area contributed by atoms with Crippen molar-refractivity contribution in [2.45, 2.75) is 96.3 Å². The first kappa shape index (κ1) is 41.5. The third-order valence-electron chi connectivity index (χ3n) is 8.27. The third kappa shape index (κ3) is 17.7. The molecule has 8 heteroatoms. The van der Waals surface area contributed by atoms with Gasteiger partial charge in [0.25, 0.3) is 6.47 Å². The van der Waals surface area contributed by atoms with Crippen LogP contribution in [0.15, 0.2) is 121 Å². The van der Waals surface area contributed by atoms with Crippen molar-refractivity contribution in [1.82, 2.24) is 0 Å². The molecule has 1 aliphatic heterocycles. The summed E-state index contributed by atoms with van der Waals surface area (Å²) in [7, 11) is 0. The van der Waals surface area contributed by atoms with Crippen molar-refractivity contribution in [2.75, 3.05) is 19.8 Å². The number of carbonyl (C=O) groups is 1. The highest BCUT2D eigenvalue weighted by Gasteiger charge is 2.40.